The van der Waals surface area contributed by atoms with Crippen molar-refractivity contribution >= 4 is 0 Å². The summed E-state index contributed by atoms with van der Waals surface area (Å²) < 4.78 is 6.30. The lowest BCUT2D eigenvalue weighted by Gasteiger charge is -2.29. The Kier molecular flexibility index (Phi) is 5.64. The molecule has 2 heteroatoms. The molecule has 0 aromatic heterocycles. The Bertz CT molecular complexity index is 443. The highest BCUT2D eigenvalue weighted by Gasteiger charge is 2.19. The normalized spacial score (nSPS) is 13.7. The number of hydrogen-bond acceptors (Lipinski definition) is 2. The molecule has 0 amide bonds. The van der Waals surface area contributed by atoms with Crippen LogP contribution in [0.25, 0.3) is 0 Å². The SMILES string of the molecule is Cc1cc(C)c(C)c(OC(CNC(C)(C)C)C(C)C)c1. The van der Waals surface area contributed by atoms with Gasteiger partial charge in [0, 0.05) is 12.1 Å². The van der Waals surface area contributed by atoms with Gasteiger partial charge in [0.05, 0.1) is 0 Å². The number of aryl methyl sites for hydroxylation is 2. The maximum atomic E-state index is 6.30. The van der Waals surface area contributed by atoms with Gasteiger partial charge in [-0.05, 0) is 70.2 Å². The van der Waals surface area contributed by atoms with Crippen molar-refractivity contribution in [2.75, 3.05) is 6.54 Å². The van der Waals surface area contributed by atoms with Gasteiger partial charge in [0.1, 0.15) is 11.9 Å². The second-order valence-corrected chi connectivity index (χ2v) is 7.24. The molecule has 0 spiro atoms. The molecule has 0 aliphatic heterocycles. The predicted molar refractivity (Wildman–Crippen MR) is 87.7 cm³/mol. The van der Waals surface area contributed by atoms with Crippen LogP contribution in [0.5, 0.6) is 5.75 Å². The number of benzene rings is 1. The highest BCUT2D eigenvalue weighted by molar-refractivity contribution is 5.42. The summed E-state index contributed by atoms with van der Waals surface area (Å²) in [6.07, 6.45) is 0.189. The van der Waals surface area contributed by atoms with Crippen LogP contribution in [0.4, 0.5) is 0 Å². The Balaban J connectivity index is 2.86. The van der Waals surface area contributed by atoms with Crippen molar-refractivity contribution in [3.63, 3.8) is 0 Å². The first kappa shape index (κ1) is 17.0. The molecule has 114 valence electrons. The summed E-state index contributed by atoms with van der Waals surface area (Å²) in [6.45, 7) is 18.3. The lowest BCUT2D eigenvalue weighted by atomic mass is 10.0. The lowest BCUT2D eigenvalue weighted by Crippen LogP contribution is -2.44. The van der Waals surface area contributed by atoms with Crippen molar-refractivity contribution in [1.29, 1.82) is 0 Å². The third-order valence-corrected chi connectivity index (χ3v) is 3.62. The maximum Gasteiger partial charge on any atom is 0.123 e. The van der Waals surface area contributed by atoms with Crippen molar-refractivity contribution in [2.45, 2.75) is 67.0 Å². The largest absolute Gasteiger partial charge is 0.489 e. The molecule has 1 aromatic carbocycles. The molecule has 0 aliphatic carbocycles. The van der Waals surface area contributed by atoms with Crippen molar-refractivity contribution < 1.29 is 4.74 Å². The molecule has 1 unspecified atom stereocenters. The van der Waals surface area contributed by atoms with E-state index in [4.69, 9.17) is 4.74 Å². The van der Waals surface area contributed by atoms with E-state index in [-0.39, 0.29) is 11.6 Å². The molecule has 0 radical (unpaired) electrons. The Morgan fingerprint density at radius 3 is 2.20 bits per heavy atom. The third kappa shape index (κ3) is 5.16. The molecule has 0 saturated heterocycles. The zero-order valence-corrected chi connectivity index (χ0v) is 14.4. The highest BCUT2D eigenvalue weighted by Crippen LogP contribution is 2.25. The van der Waals surface area contributed by atoms with Crippen LogP contribution in [0.2, 0.25) is 0 Å². The van der Waals surface area contributed by atoms with Crippen LogP contribution in [0.1, 0.15) is 51.3 Å². The minimum atomic E-state index is 0.119. The van der Waals surface area contributed by atoms with Gasteiger partial charge in [-0.3, -0.25) is 0 Å². The van der Waals surface area contributed by atoms with Gasteiger partial charge in [0.15, 0.2) is 0 Å². The maximum absolute atomic E-state index is 6.30. The monoisotopic (exact) mass is 277 g/mol. The number of nitrogens with one attached hydrogen (secondary N) is 1. The van der Waals surface area contributed by atoms with Crippen molar-refractivity contribution in [3.8, 4) is 5.75 Å². The summed E-state index contributed by atoms with van der Waals surface area (Å²) in [4.78, 5) is 0. The minimum Gasteiger partial charge on any atom is -0.489 e. The summed E-state index contributed by atoms with van der Waals surface area (Å²) in [6, 6.07) is 4.36. The summed E-state index contributed by atoms with van der Waals surface area (Å²) in [5.74, 6) is 1.50. The number of rotatable bonds is 5. The number of hydrogen-bond donors (Lipinski definition) is 1. The van der Waals surface area contributed by atoms with Gasteiger partial charge >= 0.3 is 0 Å². The Morgan fingerprint density at radius 1 is 1.10 bits per heavy atom. The molecular weight excluding hydrogens is 246 g/mol. The van der Waals surface area contributed by atoms with E-state index in [0.29, 0.717) is 5.92 Å². The molecule has 0 fully saturated rings. The van der Waals surface area contributed by atoms with Gasteiger partial charge in [-0.1, -0.05) is 19.9 Å². The van der Waals surface area contributed by atoms with E-state index < -0.39 is 0 Å². The van der Waals surface area contributed by atoms with E-state index in [0.717, 1.165) is 12.3 Å². The molecular formula is C18H31NO. The van der Waals surface area contributed by atoms with E-state index >= 15 is 0 Å². The lowest BCUT2D eigenvalue weighted by molar-refractivity contribution is 0.138. The summed E-state index contributed by atoms with van der Waals surface area (Å²) in [5, 5.41) is 3.55. The molecule has 0 bridgehead atoms. The van der Waals surface area contributed by atoms with Gasteiger partial charge in [-0.25, -0.2) is 0 Å². The summed E-state index contributed by atoms with van der Waals surface area (Å²) in [7, 11) is 0. The van der Waals surface area contributed by atoms with Crippen LogP contribution in [0.15, 0.2) is 12.1 Å². The van der Waals surface area contributed by atoms with Crippen molar-refractivity contribution in [1.82, 2.24) is 5.32 Å². The predicted octanol–water partition coefficient (Wildman–Crippen LogP) is 4.40. The van der Waals surface area contributed by atoms with Gasteiger partial charge in [0.25, 0.3) is 0 Å². The van der Waals surface area contributed by atoms with Crippen molar-refractivity contribution in [3.05, 3.63) is 28.8 Å². The summed E-state index contributed by atoms with van der Waals surface area (Å²) in [5.41, 5.74) is 3.92. The topological polar surface area (TPSA) is 21.3 Å². The van der Waals surface area contributed by atoms with Crippen LogP contribution in [-0.2, 0) is 0 Å². The fourth-order valence-electron chi connectivity index (χ4n) is 2.11. The molecule has 1 aromatic rings. The Morgan fingerprint density at radius 2 is 1.70 bits per heavy atom. The van der Waals surface area contributed by atoms with Crippen LogP contribution in [0, 0.1) is 26.7 Å². The van der Waals surface area contributed by atoms with E-state index in [1.54, 1.807) is 0 Å². The molecule has 1 rings (SSSR count). The van der Waals surface area contributed by atoms with Crippen LogP contribution in [-0.4, -0.2) is 18.2 Å². The second kappa shape index (κ2) is 6.62. The quantitative estimate of drug-likeness (QED) is 0.861. The molecule has 0 heterocycles. The van der Waals surface area contributed by atoms with Gasteiger partial charge in [-0.15, -0.1) is 0 Å². The molecule has 0 saturated carbocycles. The summed E-state index contributed by atoms with van der Waals surface area (Å²) >= 11 is 0. The van der Waals surface area contributed by atoms with Crippen molar-refractivity contribution in [2.24, 2.45) is 5.92 Å². The van der Waals surface area contributed by atoms with E-state index in [2.05, 4.69) is 72.8 Å². The molecule has 1 N–H and O–H groups in total. The zero-order chi connectivity index (χ0) is 15.5. The highest BCUT2D eigenvalue weighted by atomic mass is 16.5. The molecule has 0 aliphatic rings. The smallest absolute Gasteiger partial charge is 0.123 e. The molecule has 20 heavy (non-hydrogen) atoms. The minimum absolute atomic E-state index is 0.119. The van der Waals surface area contributed by atoms with E-state index in [1.165, 1.54) is 16.7 Å². The van der Waals surface area contributed by atoms with Crippen LogP contribution >= 0.6 is 0 Å². The average molecular weight is 277 g/mol. The zero-order valence-electron chi connectivity index (χ0n) is 14.4. The Hall–Kier alpha value is -1.02. The first-order valence-corrected chi connectivity index (χ1v) is 7.59. The second-order valence-electron chi connectivity index (χ2n) is 7.24. The van der Waals surface area contributed by atoms with Gasteiger partial charge in [-0.2, -0.15) is 0 Å². The van der Waals surface area contributed by atoms with Crippen LogP contribution in [0.3, 0.4) is 0 Å². The van der Waals surface area contributed by atoms with Gasteiger partial charge < -0.3 is 10.1 Å². The fourth-order valence-corrected chi connectivity index (χ4v) is 2.11. The third-order valence-electron chi connectivity index (χ3n) is 3.62. The molecule has 1 atom stereocenters. The molecule has 2 nitrogen and oxygen atoms in total. The van der Waals surface area contributed by atoms with E-state index in [9.17, 15) is 0 Å². The van der Waals surface area contributed by atoms with Gasteiger partial charge in [0.2, 0.25) is 0 Å². The first-order chi connectivity index (χ1) is 9.10. The average Bonchev–Trinajstić information content (AvgIpc) is 2.28. The number of ether oxygens (including phenoxy) is 1. The van der Waals surface area contributed by atoms with Crippen LogP contribution < -0.4 is 10.1 Å². The first-order valence-electron chi connectivity index (χ1n) is 7.59. The standard InChI is InChI=1S/C18H31NO/c1-12(2)17(11-19-18(6,7)8)20-16-10-13(3)9-14(4)15(16)5/h9-10,12,17,19H,11H2,1-8H3. The van der Waals surface area contributed by atoms with E-state index in [1.807, 2.05) is 0 Å². The fraction of sp³-hybridized carbons (Fsp3) is 0.667. The Labute approximate surface area is 124 Å².